The zero-order chi connectivity index (χ0) is 63.4. The summed E-state index contributed by atoms with van der Waals surface area (Å²) in [5.74, 6) is 0. The number of rotatable bonds is 12. The molecule has 0 fully saturated rings. The molecule has 0 N–H and O–H groups in total. The standard InChI is InChI=1S/C93H62N2O/c1-6-29-63(30-7-1)91(64-31-8-2-9-32-64)83-48-24-19-42-75(83)79-61-70(58-60-84(79)91)95(88-51-28-44-78-77-43-20-27-52-89(77)96-90(78)88)87-50-26-25-49-86(87)94(69-55-53-68(54-56-69)92(65-33-10-3-11-34-65)80-45-21-16-39-72(80)73-40-17-22-46-81(73)92)71-57-59-76-74-41-18-23-47-82(74)93(85(76)62-71,66-35-12-4-13-36-66)67-37-14-5-15-38-67/h1-62H. The topological polar surface area (TPSA) is 19.6 Å². The van der Waals surface area contributed by atoms with E-state index in [1.54, 1.807) is 0 Å². The van der Waals surface area contributed by atoms with Crippen molar-refractivity contribution in [3.63, 3.8) is 0 Å². The number of furan rings is 1. The van der Waals surface area contributed by atoms with E-state index in [1.165, 1.54) is 100 Å². The van der Waals surface area contributed by atoms with Crippen LogP contribution < -0.4 is 9.80 Å². The molecule has 0 saturated heterocycles. The first-order chi connectivity index (χ1) is 47.6. The summed E-state index contributed by atoms with van der Waals surface area (Å²) >= 11 is 0. The maximum Gasteiger partial charge on any atom is 0.159 e. The van der Waals surface area contributed by atoms with Gasteiger partial charge in [0, 0.05) is 27.8 Å². The van der Waals surface area contributed by atoms with Crippen LogP contribution in [0.4, 0.5) is 34.1 Å². The molecule has 0 bridgehead atoms. The van der Waals surface area contributed by atoms with E-state index in [2.05, 4.69) is 386 Å². The molecule has 3 aliphatic rings. The second kappa shape index (κ2) is 21.9. The van der Waals surface area contributed by atoms with Crippen molar-refractivity contribution in [3.8, 4) is 33.4 Å². The van der Waals surface area contributed by atoms with Crippen LogP contribution in [0.1, 0.15) is 66.8 Å². The SMILES string of the molecule is c1ccc(C2(c3ccc(N(c4ccc5c(c4)C(c4ccccc4)(c4ccccc4)c4ccccc4-5)c4ccccc4N(c4ccc5c(c4)-c4ccccc4C5(c4ccccc4)c4ccccc4)c4cccc5c4oc4ccccc45)cc3)c3ccccc3-c3ccccc32)cc1. The Balaban J connectivity index is 0.885. The monoisotopic (exact) mass is 1220 g/mol. The van der Waals surface area contributed by atoms with Crippen LogP contribution in [0.25, 0.3) is 55.3 Å². The lowest BCUT2D eigenvalue weighted by Crippen LogP contribution is -2.29. The van der Waals surface area contributed by atoms with Crippen molar-refractivity contribution in [1.82, 2.24) is 0 Å². The van der Waals surface area contributed by atoms with Gasteiger partial charge in [0.15, 0.2) is 5.58 Å². The van der Waals surface area contributed by atoms with Gasteiger partial charge in [0.1, 0.15) is 5.58 Å². The predicted molar refractivity (Wildman–Crippen MR) is 395 cm³/mol. The highest BCUT2D eigenvalue weighted by atomic mass is 16.3. The highest BCUT2D eigenvalue weighted by Crippen LogP contribution is 2.62. The van der Waals surface area contributed by atoms with Crippen LogP contribution in [0, 0.1) is 0 Å². The molecule has 0 radical (unpaired) electrons. The van der Waals surface area contributed by atoms with Crippen LogP contribution in [0.5, 0.6) is 0 Å². The molecule has 0 aliphatic heterocycles. The number of fused-ring (bicyclic) bond motifs is 12. The van der Waals surface area contributed by atoms with Gasteiger partial charge >= 0.3 is 0 Å². The van der Waals surface area contributed by atoms with E-state index in [4.69, 9.17) is 4.42 Å². The Bertz CT molecular complexity index is 5540. The number of nitrogens with zero attached hydrogens (tertiary/aromatic N) is 2. The van der Waals surface area contributed by atoms with Gasteiger partial charge in [0.05, 0.1) is 33.3 Å². The third kappa shape index (κ3) is 7.89. The largest absolute Gasteiger partial charge is 0.454 e. The zero-order valence-corrected chi connectivity index (χ0v) is 52.6. The summed E-state index contributed by atoms with van der Waals surface area (Å²) in [4.78, 5) is 4.98. The Morgan fingerprint density at radius 1 is 0.198 bits per heavy atom. The van der Waals surface area contributed by atoms with Crippen LogP contribution in [-0.2, 0) is 16.2 Å². The molecular formula is C93H62N2O. The quantitative estimate of drug-likeness (QED) is 0.122. The molecule has 19 rings (SSSR count). The molecule has 0 atom stereocenters. The van der Waals surface area contributed by atoms with Crippen molar-refractivity contribution in [3.05, 3.63) is 443 Å². The molecule has 1 heterocycles. The average molecular weight is 1220 g/mol. The minimum absolute atomic E-state index is 0.582. The van der Waals surface area contributed by atoms with Gasteiger partial charge in [-0.1, -0.05) is 315 Å². The van der Waals surface area contributed by atoms with Crippen molar-refractivity contribution in [1.29, 1.82) is 0 Å². The first-order valence-electron chi connectivity index (χ1n) is 33.3. The summed E-state index contributed by atoms with van der Waals surface area (Å²) < 4.78 is 7.17. The molecule has 96 heavy (non-hydrogen) atoms. The molecule has 16 aromatic rings. The van der Waals surface area contributed by atoms with E-state index in [-0.39, 0.29) is 0 Å². The van der Waals surface area contributed by atoms with E-state index in [0.717, 1.165) is 56.1 Å². The number of para-hydroxylation sites is 4. The van der Waals surface area contributed by atoms with Crippen LogP contribution in [-0.4, -0.2) is 0 Å². The van der Waals surface area contributed by atoms with Crippen molar-refractivity contribution < 1.29 is 4.42 Å². The Morgan fingerprint density at radius 3 is 1.03 bits per heavy atom. The number of hydrogen-bond donors (Lipinski definition) is 0. The highest BCUT2D eigenvalue weighted by Gasteiger charge is 2.49. The molecule has 3 aliphatic carbocycles. The third-order valence-corrected chi connectivity index (χ3v) is 21.1. The van der Waals surface area contributed by atoms with Crippen molar-refractivity contribution in [2.24, 2.45) is 0 Å². The van der Waals surface area contributed by atoms with Crippen LogP contribution in [0.15, 0.2) is 381 Å². The molecule has 1 aromatic heterocycles. The molecule has 0 saturated carbocycles. The van der Waals surface area contributed by atoms with Gasteiger partial charge in [0.2, 0.25) is 0 Å². The van der Waals surface area contributed by atoms with Gasteiger partial charge < -0.3 is 14.2 Å². The fourth-order valence-electron chi connectivity index (χ4n) is 17.3. The lowest BCUT2D eigenvalue weighted by molar-refractivity contribution is 0.669. The van der Waals surface area contributed by atoms with Crippen LogP contribution in [0.3, 0.4) is 0 Å². The molecule has 0 spiro atoms. The van der Waals surface area contributed by atoms with E-state index >= 15 is 0 Å². The molecule has 450 valence electrons. The zero-order valence-electron chi connectivity index (χ0n) is 52.6. The summed E-state index contributed by atoms with van der Waals surface area (Å²) in [6.07, 6.45) is 0. The lowest BCUT2D eigenvalue weighted by Gasteiger charge is -2.37. The van der Waals surface area contributed by atoms with Crippen molar-refractivity contribution in [2.45, 2.75) is 16.2 Å². The minimum atomic E-state index is -0.650. The van der Waals surface area contributed by atoms with Gasteiger partial charge in [-0.25, -0.2) is 0 Å². The second-order valence-corrected chi connectivity index (χ2v) is 25.7. The maximum atomic E-state index is 7.17. The normalized spacial score (nSPS) is 13.9. The molecule has 3 nitrogen and oxygen atoms in total. The van der Waals surface area contributed by atoms with Gasteiger partial charge in [-0.2, -0.15) is 0 Å². The average Bonchev–Trinajstić information content (AvgIpc) is 1.53. The Morgan fingerprint density at radius 2 is 0.531 bits per heavy atom. The first-order valence-corrected chi connectivity index (χ1v) is 33.3. The van der Waals surface area contributed by atoms with E-state index < -0.39 is 16.2 Å². The summed E-state index contributed by atoms with van der Waals surface area (Å²) in [5, 5.41) is 2.12. The highest BCUT2D eigenvalue weighted by molar-refractivity contribution is 6.11. The Kier molecular flexibility index (Phi) is 12.6. The number of benzene rings is 15. The van der Waals surface area contributed by atoms with Gasteiger partial charge in [-0.3, -0.25) is 0 Å². The first kappa shape index (κ1) is 55.3. The minimum Gasteiger partial charge on any atom is -0.454 e. The molecule has 3 heteroatoms. The fourth-order valence-corrected chi connectivity index (χ4v) is 17.3. The number of hydrogen-bond acceptors (Lipinski definition) is 3. The van der Waals surface area contributed by atoms with Gasteiger partial charge in [-0.05, 0) is 161 Å². The molecule has 0 amide bonds. The summed E-state index contributed by atoms with van der Waals surface area (Å²) in [5.41, 5.74) is 27.9. The van der Waals surface area contributed by atoms with Crippen LogP contribution in [0.2, 0.25) is 0 Å². The molecule has 15 aromatic carbocycles. The number of anilines is 6. The van der Waals surface area contributed by atoms with Crippen molar-refractivity contribution >= 4 is 56.1 Å². The molecule has 0 unspecified atom stereocenters. The van der Waals surface area contributed by atoms with E-state index in [1.807, 2.05) is 0 Å². The van der Waals surface area contributed by atoms with E-state index in [9.17, 15) is 0 Å². The second-order valence-electron chi connectivity index (χ2n) is 25.7. The Hall–Kier alpha value is -12.3. The fraction of sp³-hybridized carbons (Fsp3) is 0.0323. The van der Waals surface area contributed by atoms with Gasteiger partial charge in [-0.15, -0.1) is 0 Å². The van der Waals surface area contributed by atoms with Crippen molar-refractivity contribution in [2.75, 3.05) is 9.80 Å². The summed E-state index contributed by atoms with van der Waals surface area (Å²) in [7, 11) is 0. The van der Waals surface area contributed by atoms with E-state index in [0.29, 0.717) is 0 Å². The lowest BCUT2D eigenvalue weighted by atomic mass is 9.67. The summed E-state index contributed by atoms with van der Waals surface area (Å²) in [6, 6.07) is 140. The Labute approximate surface area is 559 Å². The summed E-state index contributed by atoms with van der Waals surface area (Å²) in [6.45, 7) is 0. The third-order valence-electron chi connectivity index (χ3n) is 21.1. The smallest absolute Gasteiger partial charge is 0.159 e. The van der Waals surface area contributed by atoms with Gasteiger partial charge in [0.25, 0.3) is 0 Å². The predicted octanol–water partition coefficient (Wildman–Crippen LogP) is 23.6. The van der Waals surface area contributed by atoms with Crippen LogP contribution >= 0.6 is 0 Å². The maximum absolute atomic E-state index is 7.17. The molecular weight excluding hydrogens is 1160 g/mol.